The van der Waals surface area contributed by atoms with E-state index in [1.54, 1.807) is 35.9 Å². The highest BCUT2D eigenvalue weighted by Crippen LogP contribution is 2.31. The summed E-state index contributed by atoms with van der Waals surface area (Å²) in [6.07, 6.45) is 10.6. The van der Waals surface area contributed by atoms with Gasteiger partial charge in [-0.3, -0.25) is 19.5 Å². The summed E-state index contributed by atoms with van der Waals surface area (Å²) in [7, 11) is 0. The molecule has 2 unspecified atom stereocenters. The molecule has 5 rings (SSSR count). The second-order valence-electron chi connectivity index (χ2n) is 10.2. The Labute approximate surface area is 212 Å². The Morgan fingerprint density at radius 1 is 1.11 bits per heavy atom. The van der Waals surface area contributed by atoms with Gasteiger partial charge in [0.25, 0.3) is 5.91 Å². The molecule has 0 aromatic carbocycles. The average Bonchev–Trinajstić information content (AvgIpc) is 3.59. The molecule has 35 heavy (non-hydrogen) atoms. The van der Waals surface area contributed by atoms with Crippen molar-refractivity contribution in [2.45, 2.75) is 57.2 Å². The fourth-order valence-corrected chi connectivity index (χ4v) is 6.66. The summed E-state index contributed by atoms with van der Waals surface area (Å²) >= 11 is 1.79. The Kier molecular flexibility index (Phi) is 8.11. The van der Waals surface area contributed by atoms with Gasteiger partial charge in [-0.15, -0.1) is 11.3 Å². The van der Waals surface area contributed by atoms with Crippen molar-refractivity contribution in [2.75, 3.05) is 39.3 Å². The standard InChI is InChI=1S/C27H37N5O2S/c33-26(22-8-4-10-29-17-22)32-19-23(16-25(32)27(34)30-13-11-28-12-14-30)31(20-24-9-5-15-35-24)18-21-6-2-1-3-7-21/h4-5,8-10,15,17,21,23,25,28H,1-3,6-7,11-14,16,18-20H2. The molecule has 2 aliphatic heterocycles. The van der Waals surface area contributed by atoms with Gasteiger partial charge < -0.3 is 15.1 Å². The Balaban J connectivity index is 1.39. The van der Waals surface area contributed by atoms with E-state index in [2.05, 4.69) is 32.7 Å². The van der Waals surface area contributed by atoms with Crippen LogP contribution in [0, 0.1) is 5.92 Å². The molecule has 1 aliphatic carbocycles. The van der Waals surface area contributed by atoms with Gasteiger partial charge >= 0.3 is 0 Å². The molecular weight excluding hydrogens is 458 g/mol. The normalized spacial score (nSPS) is 23.7. The topological polar surface area (TPSA) is 68.8 Å². The summed E-state index contributed by atoms with van der Waals surface area (Å²) < 4.78 is 0. The molecule has 0 bridgehead atoms. The fraction of sp³-hybridized carbons (Fsp3) is 0.593. The maximum absolute atomic E-state index is 13.7. The molecule has 2 aromatic heterocycles. The molecular formula is C27H37N5O2S. The summed E-state index contributed by atoms with van der Waals surface area (Å²) in [5.41, 5.74) is 0.559. The molecule has 188 valence electrons. The highest BCUT2D eigenvalue weighted by molar-refractivity contribution is 7.09. The molecule has 2 atom stereocenters. The van der Waals surface area contributed by atoms with Crippen LogP contribution in [0.2, 0.25) is 0 Å². The lowest BCUT2D eigenvalue weighted by atomic mass is 9.88. The number of likely N-dealkylation sites (tertiary alicyclic amines) is 1. The number of carbonyl (C=O) groups is 2. The van der Waals surface area contributed by atoms with Crippen LogP contribution in [-0.4, -0.2) is 82.9 Å². The van der Waals surface area contributed by atoms with Crippen LogP contribution in [0.4, 0.5) is 0 Å². The second-order valence-corrected chi connectivity index (χ2v) is 11.2. The van der Waals surface area contributed by atoms with Gasteiger partial charge in [0.15, 0.2) is 0 Å². The van der Waals surface area contributed by atoms with Gasteiger partial charge in [-0.05, 0) is 48.8 Å². The van der Waals surface area contributed by atoms with Crippen LogP contribution in [0.5, 0.6) is 0 Å². The van der Waals surface area contributed by atoms with Crippen molar-refractivity contribution in [1.82, 2.24) is 25.0 Å². The van der Waals surface area contributed by atoms with E-state index in [9.17, 15) is 9.59 Å². The summed E-state index contributed by atoms with van der Waals surface area (Å²) in [5, 5.41) is 5.46. The minimum atomic E-state index is -0.414. The van der Waals surface area contributed by atoms with Crippen molar-refractivity contribution in [3.63, 3.8) is 0 Å². The molecule has 2 aromatic rings. The van der Waals surface area contributed by atoms with Crippen LogP contribution >= 0.6 is 11.3 Å². The molecule has 0 spiro atoms. The summed E-state index contributed by atoms with van der Waals surface area (Å²) in [5.74, 6) is 0.719. The van der Waals surface area contributed by atoms with Gasteiger partial charge in [-0.25, -0.2) is 0 Å². The zero-order valence-electron chi connectivity index (χ0n) is 20.5. The van der Waals surface area contributed by atoms with E-state index in [1.165, 1.54) is 37.0 Å². The Hall–Kier alpha value is -2.29. The molecule has 7 nitrogen and oxygen atoms in total. The van der Waals surface area contributed by atoms with E-state index < -0.39 is 6.04 Å². The van der Waals surface area contributed by atoms with Crippen molar-refractivity contribution in [1.29, 1.82) is 0 Å². The minimum Gasteiger partial charge on any atom is -0.338 e. The SMILES string of the molecule is O=C(C1CC(N(Cc2cccs2)CC2CCCCC2)CN1C(=O)c1cccnc1)N1CCNCC1. The second kappa shape index (κ2) is 11.6. The molecule has 0 radical (unpaired) electrons. The molecule has 1 saturated carbocycles. The monoisotopic (exact) mass is 495 g/mol. The van der Waals surface area contributed by atoms with Crippen LogP contribution in [0.15, 0.2) is 42.0 Å². The lowest BCUT2D eigenvalue weighted by molar-refractivity contribution is -0.135. The predicted octanol–water partition coefficient (Wildman–Crippen LogP) is 3.24. The third-order valence-corrected chi connectivity index (χ3v) is 8.70. The Bertz CT molecular complexity index is 957. The molecule has 4 heterocycles. The number of amides is 2. The van der Waals surface area contributed by atoms with Crippen LogP contribution in [0.1, 0.15) is 53.8 Å². The van der Waals surface area contributed by atoms with E-state index >= 15 is 0 Å². The van der Waals surface area contributed by atoms with Crippen molar-refractivity contribution in [3.05, 3.63) is 52.5 Å². The van der Waals surface area contributed by atoms with Gasteiger partial charge in [0.1, 0.15) is 6.04 Å². The van der Waals surface area contributed by atoms with Crippen LogP contribution in [0.3, 0.4) is 0 Å². The summed E-state index contributed by atoms with van der Waals surface area (Å²) in [6.45, 7) is 5.56. The fourth-order valence-electron chi connectivity index (χ4n) is 5.93. The molecule has 3 aliphatic rings. The number of aromatic nitrogens is 1. The van der Waals surface area contributed by atoms with E-state index in [0.29, 0.717) is 37.5 Å². The highest BCUT2D eigenvalue weighted by atomic mass is 32.1. The number of piperazine rings is 1. The maximum Gasteiger partial charge on any atom is 0.256 e. The quantitative estimate of drug-likeness (QED) is 0.639. The average molecular weight is 496 g/mol. The van der Waals surface area contributed by atoms with E-state index in [0.717, 1.165) is 26.2 Å². The van der Waals surface area contributed by atoms with Crippen molar-refractivity contribution >= 4 is 23.2 Å². The lowest BCUT2D eigenvalue weighted by Gasteiger charge is -2.33. The third kappa shape index (κ3) is 5.93. The van der Waals surface area contributed by atoms with Crippen LogP contribution in [-0.2, 0) is 11.3 Å². The first-order chi connectivity index (χ1) is 17.2. The number of hydrogen-bond donors (Lipinski definition) is 1. The Morgan fingerprint density at radius 3 is 2.66 bits per heavy atom. The predicted molar refractivity (Wildman–Crippen MR) is 138 cm³/mol. The first kappa shape index (κ1) is 24.4. The Morgan fingerprint density at radius 2 is 1.94 bits per heavy atom. The summed E-state index contributed by atoms with van der Waals surface area (Å²) in [6, 6.07) is 7.68. The number of nitrogens with one attached hydrogen (secondary N) is 1. The van der Waals surface area contributed by atoms with Gasteiger partial charge in [0, 0.05) is 69.1 Å². The van der Waals surface area contributed by atoms with E-state index in [4.69, 9.17) is 0 Å². The first-order valence-electron chi connectivity index (χ1n) is 13.2. The van der Waals surface area contributed by atoms with E-state index in [-0.39, 0.29) is 17.9 Å². The number of rotatable bonds is 7. The lowest BCUT2D eigenvalue weighted by Crippen LogP contribution is -2.53. The summed E-state index contributed by atoms with van der Waals surface area (Å²) in [4.78, 5) is 39.2. The van der Waals surface area contributed by atoms with Gasteiger partial charge in [0.2, 0.25) is 5.91 Å². The molecule has 8 heteroatoms. The number of carbonyl (C=O) groups excluding carboxylic acids is 2. The first-order valence-corrected chi connectivity index (χ1v) is 14.0. The number of thiophene rings is 1. The third-order valence-electron chi connectivity index (χ3n) is 7.83. The van der Waals surface area contributed by atoms with Crippen LogP contribution < -0.4 is 5.32 Å². The van der Waals surface area contributed by atoms with Gasteiger partial charge in [-0.1, -0.05) is 25.3 Å². The maximum atomic E-state index is 13.7. The molecule has 2 amide bonds. The van der Waals surface area contributed by atoms with Crippen LogP contribution in [0.25, 0.3) is 0 Å². The minimum absolute atomic E-state index is 0.0807. The molecule has 3 fully saturated rings. The molecule has 1 N–H and O–H groups in total. The van der Waals surface area contributed by atoms with Gasteiger partial charge in [-0.2, -0.15) is 0 Å². The number of pyridine rings is 1. The number of hydrogen-bond acceptors (Lipinski definition) is 6. The van der Waals surface area contributed by atoms with Crippen molar-refractivity contribution < 1.29 is 9.59 Å². The zero-order chi connectivity index (χ0) is 24.0. The highest BCUT2D eigenvalue weighted by Gasteiger charge is 2.44. The number of nitrogens with zero attached hydrogens (tertiary/aromatic N) is 4. The largest absolute Gasteiger partial charge is 0.338 e. The smallest absolute Gasteiger partial charge is 0.256 e. The van der Waals surface area contributed by atoms with Crippen molar-refractivity contribution in [2.24, 2.45) is 5.92 Å². The zero-order valence-corrected chi connectivity index (χ0v) is 21.3. The van der Waals surface area contributed by atoms with Crippen molar-refractivity contribution in [3.8, 4) is 0 Å². The van der Waals surface area contributed by atoms with Gasteiger partial charge in [0.05, 0.1) is 5.56 Å². The molecule has 2 saturated heterocycles. The van der Waals surface area contributed by atoms with E-state index in [1.807, 2.05) is 9.80 Å².